The number of thiophene rings is 1. The van der Waals surface area contributed by atoms with Crippen LogP contribution in [0.1, 0.15) is 38.1 Å². The van der Waals surface area contributed by atoms with Gasteiger partial charge in [-0.25, -0.2) is 0 Å². The van der Waals surface area contributed by atoms with Gasteiger partial charge < -0.3 is 14.6 Å². The molecule has 0 radical (unpaired) electrons. The smallest absolute Gasteiger partial charge is 0.241 e. The maximum absolute atomic E-state index is 12.8. The van der Waals surface area contributed by atoms with Crippen LogP contribution in [-0.4, -0.2) is 40.1 Å². The molecule has 1 unspecified atom stereocenters. The van der Waals surface area contributed by atoms with Crippen LogP contribution in [0.3, 0.4) is 0 Å². The van der Waals surface area contributed by atoms with Crippen molar-refractivity contribution in [1.29, 1.82) is 0 Å². The molecule has 1 aliphatic heterocycles. The average Bonchev–Trinajstić information content (AvgIpc) is 3.44. The third kappa shape index (κ3) is 5.92. The van der Waals surface area contributed by atoms with Crippen LogP contribution in [0.25, 0.3) is 10.7 Å². The second-order valence-corrected chi connectivity index (χ2v) is 9.04. The Balaban J connectivity index is 1.29. The quantitative estimate of drug-likeness (QED) is 0.568. The van der Waals surface area contributed by atoms with E-state index in [2.05, 4.69) is 20.4 Å². The number of hydrogen-bond donors (Lipinski definition) is 1. The fourth-order valence-corrected chi connectivity index (χ4v) is 4.41. The lowest BCUT2D eigenvalue weighted by Gasteiger charge is -2.30. The highest BCUT2D eigenvalue weighted by atomic mass is 32.1. The first-order valence-corrected chi connectivity index (χ1v) is 11.6. The normalized spacial score (nSPS) is 17.1. The molecule has 1 saturated heterocycles. The topological polar surface area (TPSA) is 80.5 Å². The fourth-order valence-electron chi connectivity index (χ4n) is 3.76. The number of rotatable bonds is 8. The highest BCUT2D eigenvalue weighted by Gasteiger charge is 2.27. The van der Waals surface area contributed by atoms with E-state index in [0.717, 1.165) is 35.6 Å². The van der Waals surface area contributed by atoms with Gasteiger partial charge in [-0.15, -0.1) is 11.3 Å². The van der Waals surface area contributed by atoms with Gasteiger partial charge in [-0.2, -0.15) is 4.98 Å². The van der Waals surface area contributed by atoms with Crippen molar-refractivity contribution < 1.29 is 14.1 Å². The van der Waals surface area contributed by atoms with Crippen LogP contribution in [-0.2, 0) is 17.9 Å². The Hall–Kier alpha value is -2.71. The number of aromatic nitrogens is 2. The number of hydrogen-bond acceptors (Lipinski definition) is 7. The van der Waals surface area contributed by atoms with Crippen molar-refractivity contribution in [2.75, 3.05) is 13.1 Å². The van der Waals surface area contributed by atoms with Crippen molar-refractivity contribution in [3.63, 3.8) is 0 Å². The molecule has 7 nitrogen and oxygen atoms in total. The summed E-state index contributed by atoms with van der Waals surface area (Å²) in [5.74, 6) is 2.09. The van der Waals surface area contributed by atoms with Crippen molar-refractivity contribution in [3.05, 3.63) is 53.2 Å². The van der Waals surface area contributed by atoms with Gasteiger partial charge in [0.05, 0.1) is 23.4 Å². The molecule has 2 aromatic heterocycles. The van der Waals surface area contributed by atoms with Gasteiger partial charge in [-0.3, -0.25) is 9.69 Å². The summed E-state index contributed by atoms with van der Waals surface area (Å²) >= 11 is 1.59. The van der Waals surface area contributed by atoms with Gasteiger partial charge in [0.25, 0.3) is 0 Å². The van der Waals surface area contributed by atoms with Crippen LogP contribution in [0.15, 0.2) is 46.3 Å². The molecule has 1 amide bonds. The Bertz CT molecular complexity index is 986. The van der Waals surface area contributed by atoms with E-state index in [4.69, 9.17) is 9.26 Å². The molecule has 1 fully saturated rings. The molecule has 1 aliphatic rings. The number of ether oxygens (including phenoxy) is 1. The molecule has 1 N–H and O–H groups in total. The zero-order valence-corrected chi connectivity index (χ0v) is 18.7. The van der Waals surface area contributed by atoms with E-state index in [0.29, 0.717) is 31.3 Å². The summed E-state index contributed by atoms with van der Waals surface area (Å²) in [5, 5.41) is 9.15. The van der Waals surface area contributed by atoms with E-state index in [9.17, 15) is 4.79 Å². The van der Waals surface area contributed by atoms with Gasteiger partial charge in [-0.05, 0) is 62.4 Å². The van der Waals surface area contributed by atoms with E-state index < -0.39 is 0 Å². The molecule has 31 heavy (non-hydrogen) atoms. The van der Waals surface area contributed by atoms with Crippen molar-refractivity contribution >= 4 is 17.2 Å². The van der Waals surface area contributed by atoms with Crippen molar-refractivity contribution in [3.8, 4) is 16.5 Å². The Labute approximate surface area is 186 Å². The first-order valence-electron chi connectivity index (χ1n) is 10.7. The maximum Gasteiger partial charge on any atom is 0.241 e. The number of carbonyl (C=O) groups is 1. The zero-order valence-electron chi connectivity index (χ0n) is 17.9. The van der Waals surface area contributed by atoms with Crippen LogP contribution >= 0.6 is 11.3 Å². The second-order valence-electron chi connectivity index (χ2n) is 8.10. The van der Waals surface area contributed by atoms with Crippen molar-refractivity contribution in [2.45, 2.75) is 45.9 Å². The average molecular weight is 441 g/mol. The third-order valence-electron chi connectivity index (χ3n) is 5.18. The van der Waals surface area contributed by atoms with Crippen LogP contribution in [0, 0.1) is 5.92 Å². The summed E-state index contributed by atoms with van der Waals surface area (Å²) in [6, 6.07) is 11.8. The summed E-state index contributed by atoms with van der Waals surface area (Å²) in [4.78, 5) is 20.5. The number of carbonyl (C=O) groups excluding carboxylic acids is 1. The lowest BCUT2D eigenvalue weighted by Crippen LogP contribution is -2.42. The van der Waals surface area contributed by atoms with E-state index in [1.54, 1.807) is 11.3 Å². The molecule has 0 saturated carbocycles. The minimum atomic E-state index is -0.0384. The van der Waals surface area contributed by atoms with Crippen molar-refractivity contribution in [2.24, 2.45) is 5.92 Å². The predicted molar refractivity (Wildman–Crippen MR) is 120 cm³/mol. The van der Waals surface area contributed by atoms with E-state index in [-0.39, 0.29) is 17.9 Å². The number of nitrogens with zero attached hydrogens (tertiary/aromatic N) is 3. The van der Waals surface area contributed by atoms with Gasteiger partial charge in [-0.1, -0.05) is 23.4 Å². The largest absolute Gasteiger partial charge is 0.491 e. The van der Waals surface area contributed by atoms with Gasteiger partial charge in [0.2, 0.25) is 17.6 Å². The second kappa shape index (κ2) is 10.1. The number of piperidine rings is 1. The molecule has 8 heteroatoms. The first kappa shape index (κ1) is 21.5. The summed E-state index contributed by atoms with van der Waals surface area (Å²) in [7, 11) is 0. The Morgan fingerprint density at radius 2 is 2.26 bits per heavy atom. The zero-order chi connectivity index (χ0) is 21.6. The third-order valence-corrected chi connectivity index (χ3v) is 6.05. The Kier molecular flexibility index (Phi) is 6.99. The van der Waals surface area contributed by atoms with Gasteiger partial charge >= 0.3 is 0 Å². The van der Waals surface area contributed by atoms with E-state index in [1.807, 2.05) is 55.6 Å². The van der Waals surface area contributed by atoms with Crippen LogP contribution < -0.4 is 10.1 Å². The first-order chi connectivity index (χ1) is 15.1. The van der Waals surface area contributed by atoms with Gasteiger partial charge in [0.15, 0.2) is 0 Å². The van der Waals surface area contributed by atoms with Gasteiger partial charge in [0.1, 0.15) is 5.75 Å². The molecule has 0 aliphatic carbocycles. The highest BCUT2D eigenvalue weighted by molar-refractivity contribution is 7.13. The molecular weight excluding hydrogens is 412 g/mol. The lowest BCUT2D eigenvalue weighted by molar-refractivity contribution is -0.127. The minimum Gasteiger partial charge on any atom is -0.491 e. The molecular formula is C23H28N4O3S. The Morgan fingerprint density at radius 3 is 3.06 bits per heavy atom. The maximum atomic E-state index is 12.8. The minimum absolute atomic E-state index is 0.0384. The standard InChI is InChI=1S/C23H28N4O3S/c1-16(2)29-19-8-3-6-17(12-19)13-24-23(28)18-7-4-10-27(14-18)15-21-25-22(26-30-21)20-9-5-11-31-20/h3,5-6,8-9,11-12,16,18H,4,7,10,13-15H2,1-2H3,(H,24,28). The monoisotopic (exact) mass is 440 g/mol. The number of nitrogens with one attached hydrogen (secondary N) is 1. The number of amides is 1. The molecule has 4 rings (SSSR count). The Morgan fingerprint density at radius 1 is 1.35 bits per heavy atom. The SMILES string of the molecule is CC(C)Oc1cccc(CNC(=O)C2CCCN(Cc3nc(-c4cccs4)no3)C2)c1. The molecule has 3 aromatic rings. The highest BCUT2D eigenvalue weighted by Crippen LogP contribution is 2.23. The molecule has 1 atom stereocenters. The summed E-state index contributed by atoms with van der Waals surface area (Å²) in [6.07, 6.45) is 1.99. The fraction of sp³-hybridized carbons (Fsp3) is 0.435. The van der Waals surface area contributed by atoms with Crippen LogP contribution in [0.2, 0.25) is 0 Å². The number of likely N-dealkylation sites (tertiary alicyclic amines) is 1. The van der Waals surface area contributed by atoms with Crippen molar-refractivity contribution in [1.82, 2.24) is 20.4 Å². The molecule has 1 aromatic carbocycles. The summed E-state index contributed by atoms with van der Waals surface area (Å²) in [6.45, 7) is 6.69. The van der Waals surface area contributed by atoms with Crippen LogP contribution in [0.5, 0.6) is 5.75 Å². The molecule has 0 spiro atoms. The van der Waals surface area contributed by atoms with Gasteiger partial charge in [0, 0.05) is 13.1 Å². The van der Waals surface area contributed by atoms with E-state index in [1.165, 1.54) is 0 Å². The lowest BCUT2D eigenvalue weighted by atomic mass is 9.97. The summed E-state index contributed by atoms with van der Waals surface area (Å²) in [5.41, 5.74) is 1.03. The summed E-state index contributed by atoms with van der Waals surface area (Å²) < 4.78 is 11.2. The molecule has 3 heterocycles. The van der Waals surface area contributed by atoms with Crippen LogP contribution in [0.4, 0.5) is 0 Å². The van der Waals surface area contributed by atoms with E-state index >= 15 is 0 Å². The molecule has 164 valence electrons. The number of benzene rings is 1. The predicted octanol–water partition coefficient (Wildman–Crippen LogP) is 4.11. The molecule has 0 bridgehead atoms.